The van der Waals surface area contributed by atoms with E-state index in [1.165, 1.54) is 0 Å². The molecule has 0 saturated carbocycles. The summed E-state index contributed by atoms with van der Waals surface area (Å²) in [4.78, 5) is 23.6. The molecule has 0 fully saturated rings. The second-order valence-electron chi connectivity index (χ2n) is 6.16. The fourth-order valence-corrected chi connectivity index (χ4v) is 3.28. The Labute approximate surface area is 144 Å². The number of aromatic nitrogens is 3. The minimum Gasteiger partial charge on any atom is -0.399 e. The standard InChI is InChI=1S/C20H18N4O/c1-11-17(12(2)25)18(13-6-4-3-5-7-13)19(22-11)20-23-15-9-8-14(21)10-16(15)24-20/h3-10,22H,21H2,1-2H3,(H,23,24). The van der Waals surface area contributed by atoms with E-state index in [1.807, 2.05) is 55.5 Å². The van der Waals surface area contributed by atoms with Crippen LogP contribution in [-0.2, 0) is 0 Å². The number of ketones is 1. The number of nitrogens with two attached hydrogens (primary N) is 1. The van der Waals surface area contributed by atoms with E-state index in [0.717, 1.165) is 33.5 Å². The Hall–Kier alpha value is -3.34. The van der Waals surface area contributed by atoms with Gasteiger partial charge in [-0.1, -0.05) is 30.3 Å². The smallest absolute Gasteiger partial charge is 0.162 e. The molecule has 4 rings (SSSR count). The number of nitrogens with one attached hydrogen (secondary N) is 2. The van der Waals surface area contributed by atoms with Gasteiger partial charge in [-0.2, -0.15) is 0 Å². The number of fused-ring (bicyclic) bond motifs is 1. The summed E-state index contributed by atoms with van der Waals surface area (Å²) in [6.45, 7) is 3.50. The number of nitrogen functional groups attached to an aromatic ring is 1. The van der Waals surface area contributed by atoms with Crippen molar-refractivity contribution in [2.24, 2.45) is 0 Å². The number of H-pyrrole nitrogens is 2. The molecule has 124 valence electrons. The Morgan fingerprint density at radius 3 is 2.56 bits per heavy atom. The van der Waals surface area contributed by atoms with Crippen LogP contribution in [0.5, 0.6) is 0 Å². The third kappa shape index (κ3) is 2.50. The first kappa shape index (κ1) is 15.2. The van der Waals surface area contributed by atoms with Gasteiger partial charge in [0.1, 0.15) is 0 Å². The summed E-state index contributed by atoms with van der Waals surface area (Å²) in [5, 5.41) is 0. The highest BCUT2D eigenvalue weighted by molar-refractivity contribution is 6.05. The SMILES string of the molecule is CC(=O)c1c(C)[nH]c(-c2nc3ccc(N)cc3[nH]2)c1-c1ccccc1. The fraction of sp³-hybridized carbons (Fsp3) is 0.100. The third-order valence-corrected chi connectivity index (χ3v) is 4.34. The van der Waals surface area contributed by atoms with E-state index in [2.05, 4.69) is 15.0 Å². The maximum absolute atomic E-state index is 12.3. The summed E-state index contributed by atoms with van der Waals surface area (Å²) < 4.78 is 0. The van der Waals surface area contributed by atoms with Crippen molar-refractivity contribution in [1.82, 2.24) is 15.0 Å². The minimum absolute atomic E-state index is 0.0270. The van der Waals surface area contributed by atoms with Crippen molar-refractivity contribution < 1.29 is 4.79 Å². The Balaban J connectivity index is 2.00. The lowest BCUT2D eigenvalue weighted by Gasteiger charge is -2.05. The predicted octanol–water partition coefficient (Wildman–Crippen LogP) is 4.32. The average molecular weight is 330 g/mol. The van der Waals surface area contributed by atoms with Gasteiger partial charge in [0.25, 0.3) is 0 Å². The van der Waals surface area contributed by atoms with E-state index in [1.54, 1.807) is 6.92 Å². The fourth-order valence-electron chi connectivity index (χ4n) is 3.28. The third-order valence-electron chi connectivity index (χ3n) is 4.34. The number of anilines is 1. The molecule has 2 aromatic carbocycles. The normalized spacial score (nSPS) is 11.1. The molecule has 2 aromatic heterocycles. The van der Waals surface area contributed by atoms with Gasteiger partial charge in [-0.15, -0.1) is 0 Å². The zero-order valence-electron chi connectivity index (χ0n) is 14.1. The van der Waals surface area contributed by atoms with E-state index in [4.69, 9.17) is 5.73 Å². The van der Waals surface area contributed by atoms with E-state index in [0.29, 0.717) is 17.1 Å². The highest BCUT2D eigenvalue weighted by Crippen LogP contribution is 2.36. The van der Waals surface area contributed by atoms with Crippen LogP contribution in [0.3, 0.4) is 0 Å². The van der Waals surface area contributed by atoms with Gasteiger partial charge in [0.15, 0.2) is 11.6 Å². The number of imidazole rings is 1. The van der Waals surface area contributed by atoms with Gasteiger partial charge in [-0.3, -0.25) is 4.79 Å². The van der Waals surface area contributed by atoms with Gasteiger partial charge < -0.3 is 15.7 Å². The van der Waals surface area contributed by atoms with Crippen molar-refractivity contribution in [3.8, 4) is 22.6 Å². The van der Waals surface area contributed by atoms with Gasteiger partial charge >= 0.3 is 0 Å². The maximum Gasteiger partial charge on any atom is 0.162 e. The Kier molecular flexibility index (Phi) is 3.42. The van der Waals surface area contributed by atoms with Crippen LogP contribution in [0.4, 0.5) is 5.69 Å². The molecule has 0 aliphatic carbocycles. The Morgan fingerprint density at radius 2 is 1.84 bits per heavy atom. The monoisotopic (exact) mass is 330 g/mol. The second kappa shape index (κ2) is 5.63. The molecule has 25 heavy (non-hydrogen) atoms. The highest BCUT2D eigenvalue weighted by atomic mass is 16.1. The second-order valence-corrected chi connectivity index (χ2v) is 6.16. The predicted molar refractivity (Wildman–Crippen MR) is 100 cm³/mol. The van der Waals surface area contributed by atoms with Crippen LogP contribution in [0, 0.1) is 6.92 Å². The van der Waals surface area contributed by atoms with Crippen LogP contribution in [0.25, 0.3) is 33.7 Å². The van der Waals surface area contributed by atoms with Gasteiger partial charge in [0, 0.05) is 22.5 Å². The van der Waals surface area contributed by atoms with Crippen LogP contribution in [0.15, 0.2) is 48.5 Å². The van der Waals surface area contributed by atoms with Crippen molar-refractivity contribution in [3.05, 3.63) is 59.8 Å². The first-order chi connectivity index (χ1) is 12.0. The molecule has 0 aliphatic rings. The largest absolute Gasteiger partial charge is 0.399 e. The summed E-state index contributed by atoms with van der Waals surface area (Å²) in [5.41, 5.74) is 12.4. The number of nitrogens with zero attached hydrogens (tertiary/aromatic N) is 1. The van der Waals surface area contributed by atoms with Crippen LogP contribution in [-0.4, -0.2) is 20.7 Å². The van der Waals surface area contributed by atoms with E-state index in [9.17, 15) is 4.79 Å². The summed E-state index contributed by atoms with van der Waals surface area (Å²) >= 11 is 0. The van der Waals surface area contributed by atoms with Crippen molar-refractivity contribution in [2.75, 3.05) is 5.73 Å². The molecule has 0 radical (unpaired) electrons. The number of benzene rings is 2. The van der Waals surface area contributed by atoms with Crippen LogP contribution in [0.1, 0.15) is 23.0 Å². The van der Waals surface area contributed by atoms with Crippen molar-refractivity contribution in [2.45, 2.75) is 13.8 Å². The molecule has 4 N–H and O–H groups in total. The quantitative estimate of drug-likeness (QED) is 0.386. The molecule has 2 heterocycles. The molecule has 0 aliphatic heterocycles. The summed E-state index contributed by atoms with van der Waals surface area (Å²) in [6.07, 6.45) is 0. The van der Waals surface area contributed by atoms with Gasteiger partial charge in [0.05, 0.1) is 16.7 Å². The van der Waals surface area contributed by atoms with Crippen molar-refractivity contribution >= 4 is 22.5 Å². The van der Waals surface area contributed by atoms with E-state index < -0.39 is 0 Å². The molecule has 0 spiro atoms. The molecule has 5 heteroatoms. The summed E-state index contributed by atoms with van der Waals surface area (Å²) in [7, 11) is 0. The number of hydrogen-bond donors (Lipinski definition) is 3. The number of carbonyl (C=O) groups is 1. The molecule has 0 saturated heterocycles. The van der Waals surface area contributed by atoms with Gasteiger partial charge in [-0.25, -0.2) is 4.98 Å². The van der Waals surface area contributed by atoms with E-state index >= 15 is 0 Å². The first-order valence-corrected chi connectivity index (χ1v) is 8.09. The molecule has 0 bridgehead atoms. The zero-order valence-corrected chi connectivity index (χ0v) is 14.1. The molecular formula is C20H18N4O. The van der Waals surface area contributed by atoms with E-state index in [-0.39, 0.29) is 5.78 Å². The molecule has 0 amide bonds. The van der Waals surface area contributed by atoms with Gasteiger partial charge in [0.2, 0.25) is 0 Å². The lowest BCUT2D eigenvalue weighted by atomic mass is 9.98. The molecule has 4 aromatic rings. The Bertz CT molecular complexity index is 1090. The topological polar surface area (TPSA) is 87.6 Å². The molecule has 0 atom stereocenters. The first-order valence-electron chi connectivity index (χ1n) is 8.09. The summed E-state index contributed by atoms with van der Waals surface area (Å²) in [5.74, 6) is 0.717. The number of hydrogen-bond acceptors (Lipinski definition) is 3. The molecular weight excluding hydrogens is 312 g/mol. The van der Waals surface area contributed by atoms with Crippen molar-refractivity contribution in [1.29, 1.82) is 0 Å². The average Bonchev–Trinajstić information content (AvgIpc) is 3.15. The molecule has 0 unspecified atom stereocenters. The lowest BCUT2D eigenvalue weighted by molar-refractivity contribution is 0.101. The minimum atomic E-state index is 0.0270. The molecule has 5 nitrogen and oxygen atoms in total. The van der Waals surface area contributed by atoms with Crippen LogP contribution in [0.2, 0.25) is 0 Å². The number of aryl methyl sites for hydroxylation is 1. The number of aromatic amines is 2. The van der Waals surface area contributed by atoms with Crippen LogP contribution < -0.4 is 5.73 Å². The summed E-state index contributed by atoms with van der Waals surface area (Å²) in [6, 6.07) is 15.4. The number of Topliss-reactive ketones (excluding diaryl/α,β-unsaturated/α-hetero) is 1. The lowest BCUT2D eigenvalue weighted by Crippen LogP contribution is -1.95. The van der Waals surface area contributed by atoms with Gasteiger partial charge in [-0.05, 0) is 37.6 Å². The maximum atomic E-state index is 12.3. The van der Waals surface area contributed by atoms with Crippen molar-refractivity contribution in [3.63, 3.8) is 0 Å². The highest BCUT2D eigenvalue weighted by Gasteiger charge is 2.22. The van der Waals surface area contributed by atoms with Crippen LogP contribution >= 0.6 is 0 Å². The number of carbonyl (C=O) groups excluding carboxylic acids is 1. The Morgan fingerprint density at radius 1 is 1.08 bits per heavy atom. The zero-order chi connectivity index (χ0) is 17.6. The number of rotatable bonds is 3.